The SMILES string of the molecule is [C-]#[N+]CC1(C)CCOCC1. The van der Waals surface area contributed by atoms with Crippen molar-refractivity contribution in [3.05, 3.63) is 11.4 Å². The highest BCUT2D eigenvalue weighted by molar-refractivity contribution is 4.84. The lowest BCUT2D eigenvalue weighted by molar-refractivity contribution is 0.0314. The Morgan fingerprint density at radius 3 is 2.60 bits per heavy atom. The summed E-state index contributed by atoms with van der Waals surface area (Å²) < 4.78 is 5.21. The molecule has 1 aliphatic heterocycles. The Balaban J connectivity index is 2.42. The van der Waals surface area contributed by atoms with E-state index < -0.39 is 0 Å². The molecule has 0 radical (unpaired) electrons. The summed E-state index contributed by atoms with van der Waals surface area (Å²) in [6.45, 7) is 11.3. The summed E-state index contributed by atoms with van der Waals surface area (Å²) >= 11 is 0. The quantitative estimate of drug-likeness (QED) is 0.504. The van der Waals surface area contributed by atoms with Crippen LogP contribution in [-0.4, -0.2) is 19.8 Å². The van der Waals surface area contributed by atoms with Crippen molar-refractivity contribution in [2.75, 3.05) is 19.8 Å². The van der Waals surface area contributed by atoms with Gasteiger partial charge in [-0.25, -0.2) is 6.57 Å². The highest BCUT2D eigenvalue weighted by atomic mass is 16.5. The summed E-state index contributed by atoms with van der Waals surface area (Å²) in [5.41, 5.74) is 0.250. The lowest BCUT2D eigenvalue weighted by Crippen LogP contribution is -2.28. The van der Waals surface area contributed by atoms with E-state index in [1.54, 1.807) is 0 Å². The van der Waals surface area contributed by atoms with E-state index in [4.69, 9.17) is 11.3 Å². The Bertz CT molecular complexity index is 142. The third-order valence-corrected chi connectivity index (χ3v) is 2.16. The molecule has 2 heteroatoms. The van der Waals surface area contributed by atoms with Crippen molar-refractivity contribution in [2.45, 2.75) is 19.8 Å². The van der Waals surface area contributed by atoms with Crippen LogP contribution in [0.15, 0.2) is 0 Å². The molecule has 0 N–H and O–H groups in total. The van der Waals surface area contributed by atoms with Crippen LogP contribution in [0.2, 0.25) is 0 Å². The molecule has 0 bridgehead atoms. The molecule has 2 nitrogen and oxygen atoms in total. The largest absolute Gasteiger partial charge is 0.381 e. The number of nitrogens with zero attached hydrogens (tertiary/aromatic N) is 1. The fourth-order valence-corrected chi connectivity index (χ4v) is 1.21. The van der Waals surface area contributed by atoms with Crippen molar-refractivity contribution in [3.8, 4) is 0 Å². The molecule has 1 saturated heterocycles. The molecule has 0 saturated carbocycles. The van der Waals surface area contributed by atoms with Crippen molar-refractivity contribution >= 4 is 0 Å². The van der Waals surface area contributed by atoms with E-state index in [0.717, 1.165) is 26.1 Å². The van der Waals surface area contributed by atoms with Crippen LogP contribution in [-0.2, 0) is 4.74 Å². The van der Waals surface area contributed by atoms with Crippen LogP contribution in [0.4, 0.5) is 0 Å². The maximum Gasteiger partial charge on any atom is 0.220 e. The molecule has 0 aliphatic carbocycles. The summed E-state index contributed by atoms with van der Waals surface area (Å²) in [5, 5.41) is 0. The molecule has 1 rings (SSSR count). The zero-order valence-electron chi connectivity index (χ0n) is 6.39. The molecule has 1 heterocycles. The number of hydrogen-bond acceptors (Lipinski definition) is 1. The summed E-state index contributed by atoms with van der Waals surface area (Å²) in [6.07, 6.45) is 2.10. The molecule has 1 aliphatic rings. The molecule has 0 spiro atoms. The average molecular weight is 139 g/mol. The molecular weight excluding hydrogens is 126 g/mol. The zero-order chi connectivity index (χ0) is 7.45. The molecule has 10 heavy (non-hydrogen) atoms. The minimum Gasteiger partial charge on any atom is -0.381 e. The Hall–Kier alpha value is -0.550. The molecule has 0 aromatic heterocycles. The third kappa shape index (κ3) is 1.71. The van der Waals surface area contributed by atoms with Crippen molar-refractivity contribution < 1.29 is 4.74 Å². The number of ether oxygens (including phenoxy) is 1. The van der Waals surface area contributed by atoms with Gasteiger partial charge in [-0.15, -0.1) is 0 Å². The van der Waals surface area contributed by atoms with Gasteiger partial charge in [-0.1, -0.05) is 6.92 Å². The summed E-state index contributed by atoms with van der Waals surface area (Å²) in [7, 11) is 0. The van der Waals surface area contributed by atoms with E-state index in [9.17, 15) is 0 Å². The Labute approximate surface area is 62.0 Å². The average Bonchev–Trinajstić information content (AvgIpc) is 1.89. The third-order valence-electron chi connectivity index (χ3n) is 2.16. The van der Waals surface area contributed by atoms with Crippen LogP contribution in [0, 0.1) is 12.0 Å². The Morgan fingerprint density at radius 1 is 1.50 bits per heavy atom. The summed E-state index contributed by atoms with van der Waals surface area (Å²) in [6, 6.07) is 0. The molecular formula is C8H13NO. The van der Waals surface area contributed by atoms with Crippen molar-refractivity contribution in [1.82, 2.24) is 0 Å². The maximum atomic E-state index is 6.75. The highest BCUT2D eigenvalue weighted by Crippen LogP contribution is 2.29. The van der Waals surface area contributed by atoms with E-state index >= 15 is 0 Å². The van der Waals surface area contributed by atoms with E-state index in [2.05, 4.69) is 11.8 Å². The van der Waals surface area contributed by atoms with Crippen LogP contribution in [0.5, 0.6) is 0 Å². The maximum absolute atomic E-state index is 6.75. The molecule has 0 aromatic carbocycles. The lowest BCUT2D eigenvalue weighted by Gasteiger charge is -2.28. The van der Waals surface area contributed by atoms with Gasteiger partial charge in [-0.05, 0) is 12.8 Å². The van der Waals surface area contributed by atoms with E-state index in [1.807, 2.05) is 0 Å². The van der Waals surface area contributed by atoms with Crippen LogP contribution < -0.4 is 0 Å². The lowest BCUT2D eigenvalue weighted by atomic mass is 9.83. The topological polar surface area (TPSA) is 13.6 Å². The van der Waals surface area contributed by atoms with Gasteiger partial charge in [0, 0.05) is 18.6 Å². The first-order chi connectivity index (χ1) is 4.77. The minimum atomic E-state index is 0.250. The second-order valence-corrected chi connectivity index (χ2v) is 3.24. The summed E-state index contributed by atoms with van der Waals surface area (Å²) in [4.78, 5) is 3.43. The van der Waals surface area contributed by atoms with Gasteiger partial charge in [0.1, 0.15) is 0 Å². The molecule has 1 fully saturated rings. The highest BCUT2D eigenvalue weighted by Gasteiger charge is 2.30. The van der Waals surface area contributed by atoms with E-state index in [-0.39, 0.29) is 5.41 Å². The predicted molar refractivity (Wildman–Crippen MR) is 39.6 cm³/mol. The molecule has 56 valence electrons. The van der Waals surface area contributed by atoms with Gasteiger partial charge < -0.3 is 9.58 Å². The normalized spacial score (nSPS) is 23.6. The van der Waals surface area contributed by atoms with E-state index in [1.165, 1.54) is 0 Å². The van der Waals surface area contributed by atoms with Crippen molar-refractivity contribution in [1.29, 1.82) is 0 Å². The molecule has 0 unspecified atom stereocenters. The Kier molecular flexibility index (Phi) is 2.29. The van der Waals surface area contributed by atoms with Gasteiger partial charge in [-0.3, -0.25) is 0 Å². The van der Waals surface area contributed by atoms with Crippen LogP contribution in [0.25, 0.3) is 4.85 Å². The van der Waals surface area contributed by atoms with Gasteiger partial charge in [-0.2, -0.15) is 0 Å². The van der Waals surface area contributed by atoms with Crippen molar-refractivity contribution in [3.63, 3.8) is 0 Å². The predicted octanol–water partition coefficient (Wildman–Crippen LogP) is 1.72. The number of hydrogen-bond donors (Lipinski definition) is 0. The van der Waals surface area contributed by atoms with Gasteiger partial charge in [0.25, 0.3) is 0 Å². The first kappa shape index (κ1) is 7.56. The second-order valence-electron chi connectivity index (χ2n) is 3.24. The van der Waals surface area contributed by atoms with Gasteiger partial charge in [0.05, 0.1) is 0 Å². The van der Waals surface area contributed by atoms with Gasteiger partial charge in [0.2, 0.25) is 6.54 Å². The first-order valence-corrected chi connectivity index (χ1v) is 3.68. The fraction of sp³-hybridized carbons (Fsp3) is 0.875. The smallest absolute Gasteiger partial charge is 0.220 e. The first-order valence-electron chi connectivity index (χ1n) is 3.68. The second kappa shape index (κ2) is 3.03. The monoisotopic (exact) mass is 139 g/mol. The van der Waals surface area contributed by atoms with Gasteiger partial charge in [0.15, 0.2) is 0 Å². The zero-order valence-corrected chi connectivity index (χ0v) is 6.39. The van der Waals surface area contributed by atoms with E-state index in [0.29, 0.717) is 6.54 Å². The minimum absolute atomic E-state index is 0.250. The molecule has 0 aromatic rings. The number of rotatable bonds is 1. The Morgan fingerprint density at radius 2 is 2.10 bits per heavy atom. The fourth-order valence-electron chi connectivity index (χ4n) is 1.21. The van der Waals surface area contributed by atoms with Gasteiger partial charge >= 0.3 is 0 Å². The standard InChI is InChI=1S/C8H13NO/c1-8(7-9-2)3-5-10-6-4-8/h3-7H2,1H3. The van der Waals surface area contributed by atoms with Crippen LogP contribution in [0.3, 0.4) is 0 Å². The van der Waals surface area contributed by atoms with Crippen LogP contribution >= 0.6 is 0 Å². The molecule has 0 amide bonds. The van der Waals surface area contributed by atoms with Crippen LogP contribution in [0.1, 0.15) is 19.8 Å². The molecule has 0 atom stereocenters. The summed E-state index contributed by atoms with van der Waals surface area (Å²) in [5.74, 6) is 0. The van der Waals surface area contributed by atoms with Crippen molar-refractivity contribution in [2.24, 2.45) is 5.41 Å².